The number of ether oxygens (including phenoxy) is 3. The first-order valence-electron chi connectivity index (χ1n) is 8.81. The van der Waals surface area contributed by atoms with Gasteiger partial charge in [-0.15, -0.1) is 0 Å². The molecular formula is C19H19N3O7. The number of nitrogens with zero attached hydrogens (tertiary/aromatic N) is 1. The van der Waals surface area contributed by atoms with Gasteiger partial charge in [0.05, 0.1) is 23.7 Å². The number of fused-ring (bicyclic) bond motifs is 1. The smallest absolute Gasteiger partial charge is 0.341 e. The van der Waals surface area contributed by atoms with Crippen LogP contribution in [0.15, 0.2) is 36.4 Å². The maximum absolute atomic E-state index is 12.3. The highest BCUT2D eigenvalue weighted by Gasteiger charge is 2.19. The number of rotatable bonds is 6. The van der Waals surface area contributed by atoms with Crippen LogP contribution in [0, 0.1) is 10.1 Å². The van der Waals surface area contributed by atoms with Gasteiger partial charge >= 0.3 is 5.97 Å². The first-order chi connectivity index (χ1) is 14.0. The Bertz CT molecular complexity index is 945. The molecule has 1 heterocycles. The molecule has 0 aliphatic carbocycles. The van der Waals surface area contributed by atoms with E-state index in [4.69, 9.17) is 14.2 Å². The molecule has 0 saturated carbocycles. The minimum absolute atomic E-state index is 0.0370. The number of hydrogen-bond acceptors (Lipinski definition) is 8. The minimum atomic E-state index is -0.855. The number of amides is 1. The van der Waals surface area contributed by atoms with Crippen molar-refractivity contribution in [3.8, 4) is 11.5 Å². The average molecular weight is 401 g/mol. The van der Waals surface area contributed by atoms with Crippen LogP contribution in [-0.4, -0.2) is 43.7 Å². The summed E-state index contributed by atoms with van der Waals surface area (Å²) < 4.78 is 16.1. The van der Waals surface area contributed by atoms with Crippen LogP contribution in [0.2, 0.25) is 0 Å². The third kappa shape index (κ3) is 4.92. The minimum Gasteiger partial charge on any atom is -0.490 e. The molecule has 2 aromatic carbocycles. The molecular weight excluding hydrogens is 382 g/mol. The molecule has 10 nitrogen and oxygen atoms in total. The number of non-ortho nitro benzene ring substituents is 1. The second-order valence-electron chi connectivity index (χ2n) is 6.07. The van der Waals surface area contributed by atoms with Crippen LogP contribution in [0.5, 0.6) is 11.5 Å². The highest BCUT2D eigenvalue weighted by molar-refractivity contribution is 5.99. The molecule has 0 atom stereocenters. The number of hydrogen-bond donors (Lipinski definition) is 2. The zero-order chi connectivity index (χ0) is 20.8. The molecule has 1 amide bonds. The molecule has 1 aliphatic rings. The Hall–Kier alpha value is -3.82. The van der Waals surface area contributed by atoms with Gasteiger partial charge in [0.1, 0.15) is 0 Å². The molecule has 2 N–H and O–H groups in total. The third-order valence-corrected chi connectivity index (χ3v) is 4.07. The molecule has 1 aliphatic heterocycles. The summed E-state index contributed by atoms with van der Waals surface area (Å²) in [6.07, 6.45) is 0.762. The predicted octanol–water partition coefficient (Wildman–Crippen LogP) is 2.59. The second-order valence-corrected chi connectivity index (χ2v) is 6.07. The second kappa shape index (κ2) is 8.91. The van der Waals surface area contributed by atoms with Gasteiger partial charge in [0.15, 0.2) is 18.1 Å². The predicted molar refractivity (Wildman–Crippen MR) is 104 cm³/mol. The van der Waals surface area contributed by atoms with Gasteiger partial charge in [-0.1, -0.05) is 0 Å². The Balaban J connectivity index is 1.62. The van der Waals surface area contributed by atoms with E-state index in [1.807, 2.05) is 0 Å². The lowest BCUT2D eigenvalue weighted by Gasteiger charge is -2.11. The molecule has 29 heavy (non-hydrogen) atoms. The van der Waals surface area contributed by atoms with Crippen molar-refractivity contribution in [1.82, 2.24) is 0 Å². The van der Waals surface area contributed by atoms with Gasteiger partial charge in [-0.3, -0.25) is 14.9 Å². The quantitative estimate of drug-likeness (QED) is 0.429. The molecule has 0 spiro atoms. The molecule has 0 radical (unpaired) electrons. The van der Waals surface area contributed by atoms with E-state index in [1.54, 1.807) is 25.2 Å². The zero-order valence-electron chi connectivity index (χ0n) is 15.6. The van der Waals surface area contributed by atoms with Crippen molar-refractivity contribution in [2.45, 2.75) is 6.42 Å². The van der Waals surface area contributed by atoms with Crippen LogP contribution in [0.3, 0.4) is 0 Å². The van der Waals surface area contributed by atoms with Gasteiger partial charge in [0.2, 0.25) is 0 Å². The van der Waals surface area contributed by atoms with Gasteiger partial charge < -0.3 is 24.8 Å². The van der Waals surface area contributed by atoms with Crippen LogP contribution in [0.1, 0.15) is 16.8 Å². The summed E-state index contributed by atoms with van der Waals surface area (Å²) in [5.74, 6) is -0.305. The standard InChI is InChI=1S/C19H19N3O7/c1-20-15-5-4-13(22(25)26)10-14(15)19(24)29-11-18(23)21-12-3-6-16-17(9-12)28-8-2-7-27-16/h3-6,9-10,20H,2,7-8,11H2,1H3,(H,21,23). The molecule has 10 heteroatoms. The third-order valence-electron chi connectivity index (χ3n) is 4.07. The maximum atomic E-state index is 12.3. The summed E-state index contributed by atoms with van der Waals surface area (Å²) in [7, 11) is 1.56. The van der Waals surface area contributed by atoms with E-state index in [0.717, 1.165) is 12.5 Å². The molecule has 0 saturated heterocycles. The first-order valence-corrected chi connectivity index (χ1v) is 8.81. The van der Waals surface area contributed by atoms with E-state index in [2.05, 4.69) is 10.6 Å². The van der Waals surface area contributed by atoms with Crippen molar-refractivity contribution >= 4 is 28.9 Å². The lowest BCUT2D eigenvalue weighted by atomic mass is 10.1. The van der Waals surface area contributed by atoms with Crippen LogP contribution < -0.4 is 20.1 Å². The highest BCUT2D eigenvalue weighted by Crippen LogP contribution is 2.32. The zero-order valence-corrected chi connectivity index (χ0v) is 15.6. The number of nitro groups is 1. The van der Waals surface area contributed by atoms with E-state index in [1.165, 1.54) is 12.1 Å². The number of nitrogens with one attached hydrogen (secondary N) is 2. The maximum Gasteiger partial charge on any atom is 0.341 e. The first kappa shape index (κ1) is 19.9. The molecule has 3 rings (SSSR count). The largest absolute Gasteiger partial charge is 0.490 e. The van der Waals surface area contributed by atoms with Crippen LogP contribution in [0.25, 0.3) is 0 Å². The van der Waals surface area contributed by atoms with Crippen molar-refractivity contribution in [2.75, 3.05) is 37.5 Å². The van der Waals surface area contributed by atoms with Gasteiger partial charge in [-0.2, -0.15) is 0 Å². The highest BCUT2D eigenvalue weighted by atomic mass is 16.6. The summed E-state index contributed by atoms with van der Waals surface area (Å²) in [4.78, 5) is 34.7. The van der Waals surface area contributed by atoms with E-state index in [0.29, 0.717) is 36.1 Å². The Labute approximate surface area is 165 Å². The molecule has 0 fully saturated rings. The number of anilines is 2. The van der Waals surface area contributed by atoms with Crippen molar-refractivity contribution in [2.24, 2.45) is 0 Å². The number of carbonyl (C=O) groups is 2. The summed E-state index contributed by atoms with van der Waals surface area (Å²) in [6, 6.07) is 8.71. The van der Waals surface area contributed by atoms with Crippen molar-refractivity contribution in [3.05, 3.63) is 52.1 Å². The van der Waals surface area contributed by atoms with Crippen molar-refractivity contribution < 1.29 is 28.7 Å². The SMILES string of the molecule is CNc1ccc([N+](=O)[O-])cc1C(=O)OCC(=O)Nc1ccc2c(c1)OCCCO2. The summed E-state index contributed by atoms with van der Waals surface area (Å²) in [5.41, 5.74) is 0.517. The number of esters is 1. The van der Waals surface area contributed by atoms with Gasteiger partial charge in [-0.25, -0.2) is 4.79 Å². The Morgan fingerprint density at radius 2 is 1.90 bits per heavy atom. The van der Waals surface area contributed by atoms with E-state index in [9.17, 15) is 19.7 Å². The molecule has 152 valence electrons. The van der Waals surface area contributed by atoms with Crippen LogP contribution in [-0.2, 0) is 9.53 Å². The summed E-state index contributed by atoms with van der Waals surface area (Å²) in [6.45, 7) is 0.513. The lowest BCUT2D eigenvalue weighted by molar-refractivity contribution is -0.384. The topological polar surface area (TPSA) is 129 Å². The molecule has 0 bridgehead atoms. The fourth-order valence-electron chi connectivity index (χ4n) is 2.68. The monoisotopic (exact) mass is 401 g/mol. The summed E-state index contributed by atoms with van der Waals surface area (Å²) >= 11 is 0. The van der Waals surface area contributed by atoms with Crippen LogP contribution in [0.4, 0.5) is 17.1 Å². The number of benzene rings is 2. The number of carbonyl (C=O) groups excluding carboxylic acids is 2. The van der Waals surface area contributed by atoms with E-state index in [-0.39, 0.29) is 11.3 Å². The normalized spacial score (nSPS) is 12.4. The van der Waals surface area contributed by atoms with Gasteiger partial charge in [0.25, 0.3) is 11.6 Å². The molecule has 0 aromatic heterocycles. The lowest BCUT2D eigenvalue weighted by Crippen LogP contribution is -2.21. The van der Waals surface area contributed by atoms with E-state index >= 15 is 0 Å². The Kier molecular flexibility index (Phi) is 6.12. The number of nitro benzene ring substituents is 1. The van der Waals surface area contributed by atoms with Gasteiger partial charge in [-0.05, 0) is 18.2 Å². The molecule has 0 unspecified atom stereocenters. The fraction of sp³-hybridized carbons (Fsp3) is 0.263. The Morgan fingerprint density at radius 3 is 2.62 bits per heavy atom. The summed E-state index contributed by atoms with van der Waals surface area (Å²) in [5, 5.41) is 16.3. The molecule has 2 aromatic rings. The Morgan fingerprint density at radius 1 is 1.14 bits per heavy atom. The van der Waals surface area contributed by atoms with Crippen LogP contribution >= 0.6 is 0 Å². The van der Waals surface area contributed by atoms with Crippen molar-refractivity contribution in [3.63, 3.8) is 0 Å². The fourth-order valence-corrected chi connectivity index (χ4v) is 2.68. The van der Waals surface area contributed by atoms with Crippen molar-refractivity contribution in [1.29, 1.82) is 0 Å². The average Bonchev–Trinajstić information content (AvgIpc) is 2.96. The van der Waals surface area contributed by atoms with E-state index < -0.39 is 23.4 Å². The van der Waals surface area contributed by atoms with Gasteiger partial charge in [0, 0.05) is 43.0 Å².